The average Bonchev–Trinajstić information content (AvgIpc) is 3.08. The van der Waals surface area contributed by atoms with E-state index in [1.165, 1.54) is 4.90 Å². The molecule has 0 aliphatic carbocycles. The molecule has 3 rings (SSSR count). The Balaban J connectivity index is 1.91. The lowest BCUT2D eigenvalue weighted by molar-refractivity contribution is -0.122. The molecule has 1 fully saturated rings. The molecule has 0 radical (unpaired) electrons. The first-order valence-corrected chi connectivity index (χ1v) is 8.90. The topological polar surface area (TPSA) is 51.5 Å². The molecule has 1 aromatic heterocycles. The number of thioether (sulfide) groups is 1. The first kappa shape index (κ1) is 17.5. The Morgan fingerprint density at radius 1 is 1.28 bits per heavy atom. The van der Waals surface area contributed by atoms with Gasteiger partial charge in [-0.1, -0.05) is 24.3 Å². The molecular weight excluding hydrogens is 336 g/mol. The second kappa shape index (κ2) is 7.72. The molecule has 0 unspecified atom stereocenters. The third kappa shape index (κ3) is 3.55. The quantitative estimate of drug-likeness (QED) is 0.429. The summed E-state index contributed by atoms with van der Waals surface area (Å²) in [6.07, 6.45) is 6.27. The summed E-state index contributed by atoms with van der Waals surface area (Å²) in [7, 11) is 1.60. The third-order valence-corrected chi connectivity index (χ3v) is 4.94. The van der Waals surface area contributed by atoms with Crippen molar-refractivity contribution in [3.8, 4) is 0 Å². The zero-order chi connectivity index (χ0) is 17.8. The van der Waals surface area contributed by atoms with Crippen molar-refractivity contribution < 1.29 is 14.3 Å². The zero-order valence-electron chi connectivity index (χ0n) is 14.1. The monoisotopic (exact) mass is 356 g/mol. The fraction of sp³-hybridized carbons (Fsp3) is 0.263. The Hall–Kier alpha value is -2.31. The summed E-state index contributed by atoms with van der Waals surface area (Å²) in [5, 5.41) is 0.831. The molecule has 6 heteroatoms. The van der Waals surface area contributed by atoms with Crippen LogP contribution in [0.4, 0.5) is 4.79 Å². The number of para-hydroxylation sites is 1. The van der Waals surface area contributed by atoms with Crippen LogP contribution in [0.2, 0.25) is 0 Å². The molecule has 0 spiro atoms. The van der Waals surface area contributed by atoms with Gasteiger partial charge in [-0.2, -0.15) is 0 Å². The van der Waals surface area contributed by atoms with E-state index < -0.39 is 0 Å². The Bertz CT molecular complexity index is 853. The van der Waals surface area contributed by atoms with E-state index in [0.29, 0.717) is 31.0 Å². The molecule has 1 aromatic carbocycles. The zero-order valence-corrected chi connectivity index (χ0v) is 14.9. The van der Waals surface area contributed by atoms with Crippen molar-refractivity contribution in [3.63, 3.8) is 0 Å². The molecular formula is C19H20N2O3S. The average molecular weight is 356 g/mol. The van der Waals surface area contributed by atoms with Crippen LogP contribution in [0.1, 0.15) is 12.0 Å². The molecule has 2 heterocycles. The third-order valence-electron chi connectivity index (χ3n) is 4.04. The SMILES string of the molecule is C=CCn1cc(/C=C2/SC(=O)N(CCCOC)C2=O)c2ccccc21. The molecule has 0 atom stereocenters. The number of ether oxygens (including phenoxy) is 1. The highest BCUT2D eigenvalue weighted by Crippen LogP contribution is 2.34. The van der Waals surface area contributed by atoms with Crippen LogP contribution in [-0.4, -0.2) is 40.9 Å². The summed E-state index contributed by atoms with van der Waals surface area (Å²) in [6, 6.07) is 8.00. The van der Waals surface area contributed by atoms with Crippen LogP contribution >= 0.6 is 11.8 Å². The number of imide groups is 1. The molecule has 0 N–H and O–H groups in total. The van der Waals surface area contributed by atoms with Crippen molar-refractivity contribution in [2.45, 2.75) is 13.0 Å². The van der Waals surface area contributed by atoms with E-state index in [-0.39, 0.29) is 11.1 Å². The van der Waals surface area contributed by atoms with Crippen LogP contribution in [0.3, 0.4) is 0 Å². The number of methoxy groups -OCH3 is 1. The van der Waals surface area contributed by atoms with E-state index in [1.807, 2.05) is 42.6 Å². The standard InChI is InChI=1S/C19H20N2O3S/c1-3-9-20-13-14(15-7-4-5-8-16(15)20)12-17-18(22)21(19(23)25-17)10-6-11-24-2/h3-5,7-8,12-13H,1,6,9-11H2,2H3/b17-12+. The van der Waals surface area contributed by atoms with Crippen molar-refractivity contribution >= 4 is 39.9 Å². The van der Waals surface area contributed by atoms with Crippen LogP contribution in [0.25, 0.3) is 17.0 Å². The minimum absolute atomic E-state index is 0.220. The lowest BCUT2D eigenvalue weighted by atomic mass is 10.1. The highest BCUT2D eigenvalue weighted by atomic mass is 32.2. The number of hydrogen-bond acceptors (Lipinski definition) is 4. The first-order valence-electron chi connectivity index (χ1n) is 8.08. The number of rotatable bonds is 7. The fourth-order valence-electron chi connectivity index (χ4n) is 2.88. The normalized spacial score (nSPS) is 16.4. The summed E-state index contributed by atoms with van der Waals surface area (Å²) in [4.78, 5) is 26.4. The highest BCUT2D eigenvalue weighted by molar-refractivity contribution is 8.18. The van der Waals surface area contributed by atoms with Crippen molar-refractivity contribution in [1.29, 1.82) is 0 Å². The molecule has 2 amide bonds. The Morgan fingerprint density at radius 2 is 2.08 bits per heavy atom. The second-order valence-corrected chi connectivity index (χ2v) is 6.72. The maximum absolute atomic E-state index is 12.5. The number of amides is 2. The summed E-state index contributed by atoms with van der Waals surface area (Å²) in [5.74, 6) is -0.230. The van der Waals surface area contributed by atoms with Crippen LogP contribution in [0.15, 0.2) is 48.0 Å². The predicted octanol–water partition coefficient (Wildman–Crippen LogP) is 3.90. The molecule has 0 saturated carbocycles. The molecule has 1 saturated heterocycles. The van der Waals surface area contributed by atoms with Crippen molar-refractivity contribution in [3.05, 3.63) is 53.6 Å². The van der Waals surface area contributed by atoms with Gasteiger partial charge >= 0.3 is 0 Å². The molecule has 25 heavy (non-hydrogen) atoms. The molecule has 5 nitrogen and oxygen atoms in total. The Labute approximate surface area is 150 Å². The fourth-order valence-corrected chi connectivity index (χ4v) is 3.74. The van der Waals surface area contributed by atoms with Gasteiger partial charge in [-0.15, -0.1) is 6.58 Å². The smallest absolute Gasteiger partial charge is 0.293 e. The molecule has 1 aliphatic heterocycles. The lowest BCUT2D eigenvalue weighted by Gasteiger charge is -2.11. The molecule has 0 bridgehead atoms. The van der Waals surface area contributed by atoms with Crippen LogP contribution in [-0.2, 0) is 16.1 Å². The van der Waals surface area contributed by atoms with E-state index in [1.54, 1.807) is 7.11 Å². The van der Waals surface area contributed by atoms with Crippen molar-refractivity contribution in [2.75, 3.05) is 20.3 Å². The Morgan fingerprint density at radius 3 is 2.84 bits per heavy atom. The van der Waals surface area contributed by atoms with E-state index in [2.05, 4.69) is 11.1 Å². The van der Waals surface area contributed by atoms with Crippen LogP contribution in [0, 0.1) is 0 Å². The number of aromatic nitrogens is 1. The van der Waals surface area contributed by atoms with Gasteiger partial charge in [-0.3, -0.25) is 14.5 Å². The summed E-state index contributed by atoms with van der Waals surface area (Å²) in [5.41, 5.74) is 2.01. The predicted molar refractivity (Wildman–Crippen MR) is 101 cm³/mol. The maximum atomic E-state index is 12.5. The van der Waals surface area contributed by atoms with Crippen LogP contribution < -0.4 is 0 Å². The minimum atomic E-state index is -0.230. The number of benzene rings is 1. The van der Waals surface area contributed by atoms with E-state index >= 15 is 0 Å². The highest BCUT2D eigenvalue weighted by Gasteiger charge is 2.34. The number of nitrogens with zero attached hydrogens (tertiary/aromatic N) is 2. The second-order valence-electron chi connectivity index (χ2n) is 5.72. The van der Waals surface area contributed by atoms with Gasteiger partial charge in [0.25, 0.3) is 11.1 Å². The van der Waals surface area contributed by atoms with Gasteiger partial charge in [-0.05, 0) is 30.3 Å². The molecule has 130 valence electrons. The van der Waals surface area contributed by atoms with E-state index in [0.717, 1.165) is 28.2 Å². The lowest BCUT2D eigenvalue weighted by Crippen LogP contribution is -2.29. The van der Waals surface area contributed by atoms with Gasteiger partial charge < -0.3 is 9.30 Å². The first-order chi connectivity index (χ1) is 12.2. The number of carbonyl (C=O) groups is 2. The minimum Gasteiger partial charge on any atom is -0.385 e. The largest absolute Gasteiger partial charge is 0.385 e. The van der Waals surface area contributed by atoms with E-state index in [4.69, 9.17) is 4.74 Å². The van der Waals surface area contributed by atoms with E-state index in [9.17, 15) is 9.59 Å². The molecule has 1 aliphatic rings. The van der Waals surface area contributed by atoms with Gasteiger partial charge in [-0.25, -0.2) is 0 Å². The summed E-state index contributed by atoms with van der Waals surface area (Å²) >= 11 is 0.994. The van der Waals surface area contributed by atoms with Gasteiger partial charge in [0.05, 0.1) is 4.91 Å². The Kier molecular flexibility index (Phi) is 5.40. The number of carbonyl (C=O) groups excluding carboxylic acids is 2. The number of allylic oxidation sites excluding steroid dienone is 1. The van der Waals surface area contributed by atoms with Gasteiger partial charge in [0.15, 0.2) is 0 Å². The summed E-state index contributed by atoms with van der Waals surface area (Å²) in [6.45, 7) is 5.38. The maximum Gasteiger partial charge on any atom is 0.293 e. The molecule has 2 aromatic rings. The summed E-state index contributed by atoms with van der Waals surface area (Å²) < 4.78 is 7.07. The van der Waals surface area contributed by atoms with Gasteiger partial charge in [0.2, 0.25) is 0 Å². The van der Waals surface area contributed by atoms with Crippen molar-refractivity contribution in [1.82, 2.24) is 9.47 Å². The van der Waals surface area contributed by atoms with Crippen LogP contribution in [0.5, 0.6) is 0 Å². The van der Waals surface area contributed by atoms with Gasteiger partial charge in [0.1, 0.15) is 0 Å². The van der Waals surface area contributed by atoms with Gasteiger partial charge in [0, 0.05) is 49.5 Å². The number of hydrogen-bond donors (Lipinski definition) is 0. The van der Waals surface area contributed by atoms with Crippen molar-refractivity contribution in [2.24, 2.45) is 0 Å². The number of fused-ring (bicyclic) bond motifs is 1.